The van der Waals surface area contributed by atoms with Gasteiger partial charge in [-0.3, -0.25) is 4.79 Å². The molecule has 0 aliphatic heterocycles. The van der Waals surface area contributed by atoms with Crippen LogP contribution >= 0.6 is 0 Å². The van der Waals surface area contributed by atoms with Gasteiger partial charge in [-0.25, -0.2) is 13.1 Å². The topological polar surface area (TPSA) is 87.3 Å². The van der Waals surface area contributed by atoms with E-state index in [4.69, 9.17) is 0 Å². The number of carbonyl (C=O) groups excluding carboxylic acids is 1. The van der Waals surface area contributed by atoms with Crippen molar-refractivity contribution in [1.29, 1.82) is 0 Å². The Bertz CT molecular complexity index is 946. The first-order valence-corrected chi connectivity index (χ1v) is 11.2. The van der Waals surface area contributed by atoms with E-state index in [9.17, 15) is 13.2 Å². The lowest BCUT2D eigenvalue weighted by molar-refractivity contribution is -0.116. The summed E-state index contributed by atoms with van der Waals surface area (Å²) >= 11 is 0. The molecule has 3 N–H and O–H groups in total. The predicted molar refractivity (Wildman–Crippen MR) is 119 cm³/mol. The molecule has 158 valence electrons. The number of rotatable bonds is 7. The second kappa shape index (κ2) is 8.97. The smallest absolute Gasteiger partial charge is 0.246 e. The van der Waals surface area contributed by atoms with Crippen LogP contribution < -0.4 is 15.4 Å². The van der Waals surface area contributed by atoms with Crippen molar-refractivity contribution in [3.8, 4) is 0 Å². The summed E-state index contributed by atoms with van der Waals surface area (Å²) in [6, 6.07) is 13.6. The van der Waals surface area contributed by atoms with Crippen molar-refractivity contribution in [2.75, 3.05) is 10.6 Å². The Morgan fingerprint density at radius 3 is 2.10 bits per heavy atom. The van der Waals surface area contributed by atoms with Gasteiger partial charge in [0, 0.05) is 16.9 Å². The molecule has 0 bridgehead atoms. The van der Waals surface area contributed by atoms with Crippen LogP contribution in [-0.4, -0.2) is 25.9 Å². The fourth-order valence-corrected chi connectivity index (χ4v) is 4.20. The van der Waals surface area contributed by atoms with E-state index in [2.05, 4.69) is 29.2 Å². The molecule has 0 fully saturated rings. The fourth-order valence-electron chi connectivity index (χ4n) is 2.73. The molecule has 0 radical (unpaired) electrons. The third kappa shape index (κ3) is 6.87. The Morgan fingerprint density at radius 1 is 0.931 bits per heavy atom. The van der Waals surface area contributed by atoms with Crippen molar-refractivity contribution in [2.45, 2.75) is 63.9 Å². The lowest BCUT2D eigenvalue weighted by atomic mass is 10.0. The maximum absolute atomic E-state index is 12.5. The standard InChI is InChI=1S/C22H31N3O3S/c1-15(2)17-10-12-18(13-11-17)24-21(26)16(3)23-19-8-7-9-20(14-19)29(27,28)25-22(4,5)6/h7-16,23,25H,1-6H3,(H,24,26)/t16-/m1/s1. The van der Waals surface area contributed by atoms with Gasteiger partial charge in [-0.1, -0.05) is 32.0 Å². The number of benzene rings is 2. The number of hydrogen-bond donors (Lipinski definition) is 3. The van der Waals surface area contributed by atoms with E-state index >= 15 is 0 Å². The van der Waals surface area contributed by atoms with Gasteiger partial charge in [0.2, 0.25) is 15.9 Å². The molecule has 0 saturated heterocycles. The SMILES string of the molecule is CC(C)c1ccc(NC(=O)[C@@H](C)Nc2cccc(S(=O)(=O)NC(C)(C)C)c2)cc1. The van der Waals surface area contributed by atoms with Crippen LogP contribution in [0, 0.1) is 0 Å². The number of sulfonamides is 1. The van der Waals surface area contributed by atoms with Crippen LogP contribution in [0.4, 0.5) is 11.4 Å². The highest BCUT2D eigenvalue weighted by Gasteiger charge is 2.22. The van der Waals surface area contributed by atoms with Crippen LogP contribution in [0.1, 0.15) is 53.0 Å². The van der Waals surface area contributed by atoms with E-state index < -0.39 is 21.6 Å². The Morgan fingerprint density at radius 2 is 1.55 bits per heavy atom. The fraction of sp³-hybridized carbons (Fsp3) is 0.409. The average molecular weight is 418 g/mol. The Balaban J connectivity index is 2.06. The first-order valence-electron chi connectivity index (χ1n) is 9.69. The largest absolute Gasteiger partial charge is 0.374 e. The highest BCUT2D eigenvalue weighted by atomic mass is 32.2. The number of anilines is 2. The molecule has 1 atom stereocenters. The van der Waals surface area contributed by atoms with E-state index in [-0.39, 0.29) is 10.8 Å². The van der Waals surface area contributed by atoms with Gasteiger partial charge in [-0.05, 0) is 69.5 Å². The molecule has 0 unspecified atom stereocenters. The predicted octanol–water partition coefficient (Wildman–Crippen LogP) is 4.33. The summed E-state index contributed by atoms with van der Waals surface area (Å²) in [7, 11) is -3.65. The summed E-state index contributed by atoms with van der Waals surface area (Å²) in [6.07, 6.45) is 0. The first kappa shape index (κ1) is 22.9. The third-order valence-electron chi connectivity index (χ3n) is 4.21. The minimum atomic E-state index is -3.65. The monoisotopic (exact) mass is 417 g/mol. The van der Waals surface area contributed by atoms with Crippen molar-refractivity contribution in [3.05, 3.63) is 54.1 Å². The quantitative estimate of drug-likeness (QED) is 0.626. The van der Waals surface area contributed by atoms with Crippen LogP contribution in [0.3, 0.4) is 0 Å². The van der Waals surface area contributed by atoms with Gasteiger partial charge < -0.3 is 10.6 Å². The van der Waals surface area contributed by atoms with Crippen molar-refractivity contribution < 1.29 is 13.2 Å². The molecule has 2 aromatic carbocycles. The Kier molecular flexibility index (Phi) is 7.08. The van der Waals surface area contributed by atoms with Crippen LogP contribution in [0.25, 0.3) is 0 Å². The molecule has 0 saturated carbocycles. The number of carbonyl (C=O) groups is 1. The van der Waals surface area contributed by atoms with Crippen LogP contribution in [-0.2, 0) is 14.8 Å². The zero-order chi connectivity index (χ0) is 21.8. The minimum absolute atomic E-state index is 0.148. The molecule has 7 heteroatoms. The first-order chi connectivity index (χ1) is 13.4. The number of nitrogens with one attached hydrogen (secondary N) is 3. The number of hydrogen-bond acceptors (Lipinski definition) is 4. The van der Waals surface area contributed by atoms with Gasteiger partial charge in [-0.15, -0.1) is 0 Å². The summed E-state index contributed by atoms with van der Waals surface area (Å²) in [5.74, 6) is 0.222. The minimum Gasteiger partial charge on any atom is -0.374 e. The zero-order valence-electron chi connectivity index (χ0n) is 17.9. The van der Waals surface area contributed by atoms with Gasteiger partial charge >= 0.3 is 0 Å². The summed E-state index contributed by atoms with van der Waals surface area (Å²) in [6.45, 7) is 11.3. The van der Waals surface area contributed by atoms with E-state index in [1.165, 1.54) is 17.7 Å². The summed E-state index contributed by atoms with van der Waals surface area (Å²) in [4.78, 5) is 12.6. The normalized spacial score (nSPS) is 13.2. The van der Waals surface area contributed by atoms with Crippen molar-refractivity contribution in [3.63, 3.8) is 0 Å². The third-order valence-corrected chi connectivity index (χ3v) is 5.96. The molecule has 6 nitrogen and oxygen atoms in total. The molecular formula is C22H31N3O3S. The maximum atomic E-state index is 12.5. The maximum Gasteiger partial charge on any atom is 0.246 e. The average Bonchev–Trinajstić information content (AvgIpc) is 2.60. The van der Waals surface area contributed by atoms with Crippen LogP contribution in [0.15, 0.2) is 53.4 Å². The molecule has 0 aromatic heterocycles. The Hall–Kier alpha value is -2.38. The van der Waals surface area contributed by atoms with Crippen molar-refractivity contribution >= 4 is 27.3 Å². The van der Waals surface area contributed by atoms with Gasteiger partial charge in [0.1, 0.15) is 6.04 Å². The summed E-state index contributed by atoms with van der Waals surface area (Å²) in [5.41, 5.74) is 1.90. The lowest BCUT2D eigenvalue weighted by Gasteiger charge is -2.21. The number of amides is 1. The molecule has 0 heterocycles. The highest BCUT2D eigenvalue weighted by Crippen LogP contribution is 2.20. The van der Waals surface area contributed by atoms with Crippen LogP contribution in [0.2, 0.25) is 0 Å². The lowest BCUT2D eigenvalue weighted by Crippen LogP contribution is -2.40. The van der Waals surface area contributed by atoms with Gasteiger partial charge in [0.25, 0.3) is 0 Å². The second-order valence-electron chi connectivity index (χ2n) is 8.52. The van der Waals surface area contributed by atoms with E-state index in [0.717, 1.165) is 5.69 Å². The van der Waals surface area contributed by atoms with E-state index in [0.29, 0.717) is 11.6 Å². The van der Waals surface area contributed by atoms with E-state index in [1.54, 1.807) is 39.8 Å². The molecule has 1 amide bonds. The molecule has 29 heavy (non-hydrogen) atoms. The molecule has 2 aromatic rings. The van der Waals surface area contributed by atoms with Crippen LogP contribution in [0.5, 0.6) is 0 Å². The molecule has 0 aliphatic carbocycles. The second-order valence-corrected chi connectivity index (χ2v) is 10.2. The summed E-state index contributed by atoms with van der Waals surface area (Å²) < 4.78 is 27.7. The zero-order valence-corrected chi connectivity index (χ0v) is 18.7. The molecule has 0 aliphatic rings. The molecular weight excluding hydrogens is 386 g/mol. The summed E-state index contributed by atoms with van der Waals surface area (Å²) in [5, 5.41) is 5.93. The molecule has 2 rings (SSSR count). The van der Waals surface area contributed by atoms with Gasteiger partial charge in [0.05, 0.1) is 4.90 Å². The van der Waals surface area contributed by atoms with Gasteiger partial charge in [0.15, 0.2) is 0 Å². The Labute approximate surface area is 174 Å². The molecule has 0 spiro atoms. The van der Waals surface area contributed by atoms with E-state index in [1.807, 2.05) is 24.3 Å². The van der Waals surface area contributed by atoms with Gasteiger partial charge in [-0.2, -0.15) is 0 Å². The van der Waals surface area contributed by atoms with Crippen molar-refractivity contribution in [1.82, 2.24) is 4.72 Å². The highest BCUT2D eigenvalue weighted by molar-refractivity contribution is 7.89. The van der Waals surface area contributed by atoms with Crippen molar-refractivity contribution in [2.24, 2.45) is 0 Å².